The summed E-state index contributed by atoms with van der Waals surface area (Å²) in [4.78, 5) is 23.2. The standard InChI is InChI=1S/C14H14ClN3O4S2/c1-8(22-10-5-3-9(15)4-6-10)12(20)16-13-17-18-14(24-13)23-7-11(19)21-2/h3-6,8H,7H2,1-2H3,(H,16,17,20)/t8-/m1/s1. The second-order valence-corrected chi connectivity index (χ2v) is 7.08. The first-order valence-corrected chi connectivity index (χ1v) is 8.92. The zero-order valence-corrected chi connectivity index (χ0v) is 15.2. The summed E-state index contributed by atoms with van der Waals surface area (Å²) >= 11 is 8.15. The highest BCUT2D eigenvalue weighted by Gasteiger charge is 2.17. The van der Waals surface area contributed by atoms with Crippen molar-refractivity contribution in [2.75, 3.05) is 18.2 Å². The molecule has 0 aliphatic heterocycles. The van der Waals surface area contributed by atoms with Gasteiger partial charge in [0.1, 0.15) is 5.75 Å². The Kier molecular flexibility index (Phi) is 6.83. The van der Waals surface area contributed by atoms with Crippen LogP contribution in [-0.4, -0.2) is 41.0 Å². The summed E-state index contributed by atoms with van der Waals surface area (Å²) in [6.07, 6.45) is -0.721. The number of anilines is 1. The molecule has 2 rings (SSSR count). The van der Waals surface area contributed by atoms with E-state index in [4.69, 9.17) is 16.3 Å². The number of hydrogen-bond donors (Lipinski definition) is 1. The lowest BCUT2D eigenvalue weighted by Gasteiger charge is -2.13. The second kappa shape index (κ2) is 8.86. The number of esters is 1. The molecule has 128 valence electrons. The van der Waals surface area contributed by atoms with Gasteiger partial charge in [-0.3, -0.25) is 14.9 Å². The molecule has 1 N–H and O–H groups in total. The van der Waals surface area contributed by atoms with E-state index in [1.54, 1.807) is 31.2 Å². The third kappa shape index (κ3) is 5.66. The van der Waals surface area contributed by atoms with E-state index in [1.165, 1.54) is 30.2 Å². The van der Waals surface area contributed by atoms with E-state index >= 15 is 0 Å². The van der Waals surface area contributed by atoms with Gasteiger partial charge in [-0.05, 0) is 31.2 Å². The van der Waals surface area contributed by atoms with Gasteiger partial charge >= 0.3 is 5.97 Å². The van der Waals surface area contributed by atoms with Crippen LogP contribution in [0.25, 0.3) is 0 Å². The number of aromatic nitrogens is 2. The molecule has 7 nitrogen and oxygen atoms in total. The molecule has 0 aliphatic carbocycles. The van der Waals surface area contributed by atoms with E-state index in [9.17, 15) is 9.59 Å². The van der Waals surface area contributed by atoms with E-state index in [-0.39, 0.29) is 17.6 Å². The zero-order valence-electron chi connectivity index (χ0n) is 12.8. The van der Waals surface area contributed by atoms with Gasteiger partial charge in [-0.15, -0.1) is 10.2 Å². The largest absolute Gasteiger partial charge is 0.481 e. The van der Waals surface area contributed by atoms with Crippen LogP contribution < -0.4 is 10.1 Å². The summed E-state index contributed by atoms with van der Waals surface area (Å²) in [6.45, 7) is 1.62. The Balaban J connectivity index is 1.86. The minimum atomic E-state index is -0.721. The van der Waals surface area contributed by atoms with Gasteiger partial charge in [-0.1, -0.05) is 34.7 Å². The Morgan fingerprint density at radius 3 is 2.71 bits per heavy atom. The van der Waals surface area contributed by atoms with Crippen LogP contribution in [0, 0.1) is 0 Å². The minimum Gasteiger partial charge on any atom is -0.481 e. The molecule has 1 aromatic carbocycles. The van der Waals surface area contributed by atoms with E-state index in [0.717, 1.165) is 0 Å². The average molecular weight is 388 g/mol. The summed E-state index contributed by atoms with van der Waals surface area (Å²) in [7, 11) is 1.32. The Bertz CT molecular complexity index is 708. The summed E-state index contributed by atoms with van der Waals surface area (Å²) in [5, 5.41) is 11.3. The molecule has 24 heavy (non-hydrogen) atoms. The fourth-order valence-corrected chi connectivity index (χ4v) is 3.19. The summed E-state index contributed by atoms with van der Waals surface area (Å²) in [5.74, 6) is -0.0418. The van der Waals surface area contributed by atoms with E-state index < -0.39 is 6.10 Å². The lowest BCUT2D eigenvalue weighted by molar-refractivity contribution is -0.137. The Morgan fingerprint density at radius 2 is 2.04 bits per heavy atom. The molecule has 0 saturated carbocycles. The third-order valence-electron chi connectivity index (χ3n) is 2.67. The summed E-state index contributed by atoms with van der Waals surface area (Å²) in [5.41, 5.74) is 0. The molecule has 0 fully saturated rings. The molecule has 1 atom stereocenters. The van der Waals surface area contributed by atoms with Crippen molar-refractivity contribution in [1.29, 1.82) is 0 Å². The number of thioether (sulfide) groups is 1. The van der Waals surface area contributed by atoms with Gasteiger partial charge < -0.3 is 9.47 Å². The third-order valence-corrected chi connectivity index (χ3v) is 4.87. The number of carbonyl (C=O) groups is 2. The van der Waals surface area contributed by atoms with Gasteiger partial charge in [0.05, 0.1) is 12.9 Å². The fourth-order valence-electron chi connectivity index (χ4n) is 1.48. The Labute approximate surface area is 151 Å². The number of halogens is 1. The highest BCUT2D eigenvalue weighted by molar-refractivity contribution is 8.01. The number of benzene rings is 1. The second-order valence-electron chi connectivity index (χ2n) is 4.44. The first-order valence-electron chi connectivity index (χ1n) is 6.74. The van der Waals surface area contributed by atoms with Crippen LogP contribution in [0.5, 0.6) is 5.75 Å². The fraction of sp³-hybridized carbons (Fsp3) is 0.286. The Morgan fingerprint density at radius 1 is 1.33 bits per heavy atom. The van der Waals surface area contributed by atoms with Gasteiger partial charge in [0.25, 0.3) is 5.91 Å². The Hall–Kier alpha value is -1.84. The first kappa shape index (κ1) is 18.5. The normalized spacial score (nSPS) is 11.6. The smallest absolute Gasteiger partial charge is 0.316 e. The van der Waals surface area contributed by atoms with E-state index in [2.05, 4.69) is 20.3 Å². The van der Waals surface area contributed by atoms with Crippen molar-refractivity contribution in [3.63, 3.8) is 0 Å². The summed E-state index contributed by atoms with van der Waals surface area (Å²) in [6, 6.07) is 6.71. The molecular formula is C14H14ClN3O4S2. The van der Waals surface area contributed by atoms with Crippen molar-refractivity contribution in [3.05, 3.63) is 29.3 Å². The van der Waals surface area contributed by atoms with E-state index in [0.29, 0.717) is 20.2 Å². The van der Waals surface area contributed by atoms with Crippen molar-refractivity contribution < 1.29 is 19.1 Å². The number of carbonyl (C=O) groups excluding carboxylic acids is 2. The molecular weight excluding hydrogens is 374 g/mol. The van der Waals surface area contributed by atoms with Gasteiger partial charge in [0, 0.05) is 5.02 Å². The number of nitrogens with one attached hydrogen (secondary N) is 1. The highest BCUT2D eigenvalue weighted by atomic mass is 35.5. The van der Waals surface area contributed by atoms with Crippen molar-refractivity contribution in [3.8, 4) is 5.75 Å². The lowest BCUT2D eigenvalue weighted by Crippen LogP contribution is -2.30. The molecule has 0 aliphatic rings. The maximum atomic E-state index is 12.1. The van der Waals surface area contributed by atoms with Gasteiger partial charge in [0.2, 0.25) is 5.13 Å². The van der Waals surface area contributed by atoms with Gasteiger partial charge in [-0.2, -0.15) is 0 Å². The average Bonchev–Trinajstić information content (AvgIpc) is 3.02. The minimum absolute atomic E-state index is 0.134. The van der Waals surface area contributed by atoms with Crippen LogP contribution in [0.1, 0.15) is 6.92 Å². The number of nitrogens with zero attached hydrogens (tertiary/aromatic N) is 2. The maximum absolute atomic E-state index is 12.1. The number of amides is 1. The van der Waals surface area contributed by atoms with Crippen LogP contribution in [0.4, 0.5) is 5.13 Å². The van der Waals surface area contributed by atoms with Crippen molar-refractivity contribution >= 4 is 51.7 Å². The first-order chi connectivity index (χ1) is 11.5. The number of ether oxygens (including phenoxy) is 2. The molecule has 10 heteroatoms. The number of rotatable bonds is 7. The molecule has 1 aromatic heterocycles. The predicted octanol–water partition coefficient (Wildman–Crippen LogP) is 2.86. The molecule has 0 saturated heterocycles. The van der Waals surface area contributed by atoms with Crippen LogP contribution in [-0.2, 0) is 14.3 Å². The molecule has 1 heterocycles. The van der Waals surface area contributed by atoms with Crippen LogP contribution in [0.15, 0.2) is 28.6 Å². The predicted molar refractivity (Wildman–Crippen MR) is 92.8 cm³/mol. The maximum Gasteiger partial charge on any atom is 0.316 e. The van der Waals surface area contributed by atoms with Crippen molar-refractivity contribution in [1.82, 2.24) is 10.2 Å². The number of hydrogen-bond acceptors (Lipinski definition) is 8. The van der Waals surface area contributed by atoms with Gasteiger partial charge in [0.15, 0.2) is 10.4 Å². The molecule has 0 unspecified atom stereocenters. The monoisotopic (exact) mass is 387 g/mol. The molecule has 2 aromatic rings. The van der Waals surface area contributed by atoms with E-state index in [1.807, 2.05) is 0 Å². The van der Waals surface area contributed by atoms with Crippen LogP contribution in [0.3, 0.4) is 0 Å². The number of methoxy groups -OCH3 is 1. The SMILES string of the molecule is COC(=O)CSc1nnc(NC(=O)[C@@H](C)Oc2ccc(Cl)cc2)s1. The molecule has 0 radical (unpaired) electrons. The molecule has 0 bridgehead atoms. The molecule has 1 amide bonds. The van der Waals surface area contributed by atoms with Crippen LogP contribution in [0.2, 0.25) is 5.02 Å². The summed E-state index contributed by atoms with van der Waals surface area (Å²) < 4.78 is 10.6. The van der Waals surface area contributed by atoms with Crippen molar-refractivity contribution in [2.45, 2.75) is 17.4 Å². The quantitative estimate of drug-likeness (QED) is 0.443. The van der Waals surface area contributed by atoms with Crippen molar-refractivity contribution in [2.24, 2.45) is 0 Å². The highest BCUT2D eigenvalue weighted by Crippen LogP contribution is 2.25. The topological polar surface area (TPSA) is 90.4 Å². The van der Waals surface area contributed by atoms with Gasteiger partial charge in [-0.25, -0.2) is 0 Å². The lowest BCUT2D eigenvalue weighted by atomic mass is 10.3. The zero-order chi connectivity index (χ0) is 17.5. The molecule has 0 spiro atoms. The van der Waals surface area contributed by atoms with Crippen LogP contribution >= 0.6 is 34.7 Å².